The first-order valence-electron chi connectivity index (χ1n) is 7.37. The molecule has 1 saturated heterocycles. The van der Waals surface area contributed by atoms with Crippen LogP contribution in [0.3, 0.4) is 0 Å². The largest absolute Gasteiger partial charge is 0.329 e. The number of hydrogen-bond donors (Lipinski definition) is 2. The minimum absolute atomic E-state index is 0.133. The van der Waals surface area contributed by atoms with Crippen molar-refractivity contribution in [3.8, 4) is 0 Å². The number of nitrogens with zero attached hydrogens (tertiary/aromatic N) is 1. The van der Waals surface area contributed by atoms with Crippen molar-refractivity contribution in [2.75, 3.05) is 19.6 Å². The minimum atomic E-state index is 0.133. The SMILES string of the molecule is CC(C)N1CCCC(CN)(NCc2cccs2)CC1. The van der Waals surface area contributed by atoms with Crippen LogP contribution in [-0.4, -0.2) is 36.1 Å². The van der Waals surface area contributed by atoms with Crippen molar-refractivity contribution in [1.82, 2.24) is 10.2 Å². The second kappa shape index (κ2) is 6.84. The summed E-state index contributed by atoms with van der Waals surface area (Å²) >= 11 is 1.82. The van der Waals surface area contributed by atoms with Gasteiger partial charge in [0.15, 0.2) is 0 Å². The molecule has 0 amide bonds. The summed E-state index contributed by atoms with van der Waals surface area (Å²) in [6, 6.07) is 4.95. The average Bonchev–Trinajstić information content (AvgIpc) is 2.82. The van der Waals surface area contributed by atoms with Gasteiger partial charge in [-0.15, -0.1) is 11.3 Å². The summed E-state index contributed by atoms with van der Waals surface area (Å²) < 4.78 is 0. The van der Waals surface area contributed by atoms with Gasteiger partial charge in [0, 0.05) is 36.1 Å². The molecule has 0 bridgehead atoms. The van der Waals surface area contributed by atoms with Crippen molar-refractivity contribution in [3.63, 3.8) is 0 Å². The van der Waals surface area contributed by atoms with Crippen molar-refractivity contribution in [3.05, 3.63) is 22.4 Å². The van der Waals surface area contributed by atoms with E-state index in [9.17, 15) is 0 Å². The monoisotopic (exact) mass is 281 g/mol. The molecule has 0 saturated carbocycles. The Morgan fingerprint density at radius 2 is 2.26 bits per heavy atom. The van der Waals surface area contributed by atoms with Gasteiger partial charge in [-0.25, -0.2) is 0 Å². The van der Waals surface area contributed by atoms with E-state index in [1.54, 1.807) is 0 Å². The first-order chi connectivity index (χ1) is 9.15. The lowest BCUT2D eigenvalue weighted by Crippen LogP contribution is -2.51. The number of hydrogen-bond acceptors (Lipinski definition) is 4. The van der Waals surface area contributed by atoms with E-state index in [0.717, 1.165) is 26.1 Å². The van der Waals surface area contributed by atoms with Crippen molar-refractivity contribution in [2.24, 2.45) is 5.73 Å². The maximum Gasteiger partial charge on any atom is 0.0320 e. The van der Waals surface area contributed by atoms with Crippen LogP contribution >= 0.6 is 11.3 Å². The lowest BCUT2D eigenvalue weighted by atomic mass is 9.90. The Morgan fingerprint density at radius 3 is 2.89 bits per heavy atom. The Kier molecular flexibility index (Phi) is 5.39. The third-order valence-electron chi connectivity index (χ3n) is 4.32. The molecule has 0 spiro atoms. The van der Waals surface area contributed by atoms with Crippen LogP contribution in [0.25, 0.3) is 0 Å². The summed E-state index contributed by atoms with van der Waals surface area (Å²) in [5.41, 5.74) is 6.22. The molecular weight excluding hydrogens is 254 g/mol. The maximum atomic E-state index is 6.09. The summed E-state index contributed by atoms with van der Waals surface area (Å²) in [6.07, 6.45) is 3.60. The van der Waals surface area contributed by atoms with Crippen LogP contribution in [0.15, 0.2) is 17.5 Å². The van der Waals surface area contributed by atoms with Gasteiger partial charge in [0.05, 0.1) is 0 Å². The molecule has 2 heterocycles. The molecule has 108 valence electrons. The third-order valence-corrected chi connectivity index (χ3v) is 5.19. The zero-order valence-corrected chi connectivity index (χ0v) is 13.0. The Balaban J connectivity index is 1.93. The van der Waals surface area contributed by atoms with Crippen molar-refractivity contribution < 1.29 is 0 Å². The quantitative estimate of drug-likeness (QED) is 0.871. The number of thiophene rings is 1. The normalized spacial score (nSPS) is 25.7. The van der Waals surface area contributed by atoms with E-state index in [-0.39, 0.29) is 5.54 Å². The van der Waals surface area contributed by atoms with Gasteiger partial charge >= 0.3 is 0 Å². The van der Waals surface area contributed by atoms with E-state index in [1.807, 2.05) is 11.3 Å². The molecule has 3 N–H and O–H groups in total. The van der Waals surface area contributed by atoms with Crippen LogP contribution in [0, 0.1) is 0 Å². The van der Waals surface area contributed by atoms with E-state index < -0.39 is 0 Å². The molecule has 1 aliphatic heterocycles. The van der Waals surface area contributed by atoms with Crippen molar-refractivity contribution in [1.29, 1.82) is 0 Å². The molecule has 1 fully saturated rings. The molecule has 0 aromatic carbocycles. The Hall–Kier alpha value is -0.420. The van der Waals surface area contributed by atoms with Crippen molar-refractivity contribution in [2.45, 2.75) is 51.2 Å². The maximum absolute atomic E-state index is 6.09. The van der Waals surface area contributed by atoms with Gasteiger partial charge in [0.1, 0.15) is 0 Å². The number of rotatable bonds is 5. The lowest BCUT2D eigenvalue weighted by molar-refractivity contribution is 0.218. The van der Waals surface area contributed by atoms with Gasteiger partial charge in [-0.1, -0.05) is 6.07 Å². The number of nitrogens with two attached hydrogens (primary N) is 1. The van der Waals surface area contributed by atoms with Gasteiger partial charge in [0.25, 0.3) is 0 Å². The topological polar surface area (TPSA) is 41.3 Å². The predicted octanol–water partition coefficient (Wildman–Crippen LogP) is 2.43. The molecule has 1 unspecified atom stereocenters. The zero-order valence-electron chi connectivity index (χ0n) is 12.2. The van der Waals surface area contributed by atoms with Crippen LogP contribution in [0.1, 0.15) is 38.0 Å². The van der Waals surface area contributed by atoms with E-state index >= 15 is 0 Å². The van der Waals surface area contributed by atoms with Gasteiger partial charge in [-0.05, 0) is 51.1 Å². The molecular formula is C15H27N3S. The fourth-order valence-electron chi connectivity index (χ4n) is 2.87. The molecule has 1 aliphatic rings. The fraction of sp³-hybridized carbons (Fsp3) is 0.733. The number of nitrogens with one attached hydrogen (secondary N) is 1. The van der Waals surface area contributed by atoms with Gasteiger partial charge < -0.3 is 16.0 Å². The highest BCUT2D eigenvalue weighted by molar-refractivity contribution is 7.09. The minimum Gasteiger partial charge on any atom is -0.329 e. The first-order valence-corrected chi connectivity index (χ1v) is 8.25. The van der Waals surface area contributed by atoms with Gasteiger partial charge in [-0.3, -0.25) is 0 Å². The predicted molar refractivity (Wildman–Crippen MR) is 83.5 cm³/mol. The molecule has 4 heteroatoms. The molecule has 1 aromatic heterocycles. The molecule has 1 aromatic rings. The zero-order chi connectivity index (χ0) is 13.7. The first kappa shape index (κ1) is 15.0. The molecule has 0 radical (unpaired) electrons. The molecule has 0 aliphatic carbocycles. The van der Waals surface area contributed by atoms with Crippen molar-refractivity contribution >= 4 is 11.3 Å². The Morgan fingerprint density at radius 1 is 1.42 bits per heavy atom. The standard InChI is InChI=1S/C15H27N3S/c1-13(2)18-8-4-6-15(12-16,7-9-18)17-11-14-5-3-10-19-14/h3,5,10,13,17H,4,6-9,11-12,16H2,1-2H3. The summed E-state index contributed by atoms with van der Waals surface area (Å²) in [5.74, 6) is 0. The van der Waals surface area contributed by atoms with Crippen LogP contribution in [0.4, 0.5) is 0 Å². The Labute approximate surface area is 121 Å². The van der Waals surface area contributed by atoms with Gasteiger partial charge in [0.2, 0.25) is 0 Å². The van der Waals surface area contributed by atoms with E-state index in [2.05, 4.69) is 41.6 Å². The third kappa shape index (κ3) is 4.02. The van der Waals surface area contributed by atoms with Crippen LogP contribution < -0.4 is 11.1 Å². The van der Waals surface area contributed by atoms with E-state index in [1.165, 1.54) is 24.3 Å². The van der Waals surface area contributed by atoms with E-state index in [0.29, 0.717) is 6.04 Å². The fourth-order valence-corrected chi connectivity index (χ4v) is 3.52. The summed E-state index contributed by atoms with van der Waals surface area (Å²) in [6.45, 7) is 8.64. The lowest BCUT2D eigenvalue weighted by Gasteiger charge is -2.33. The highest BCUT2D eigenvalue weighted by Crippen LogP contribution is 2.23. The second-order valence-corrected chi connectivity index (χ2v) is 6.93. The highest BCUT2D eigenvalue weighted by Gasteiger charge is 2.31. The smallest absolute Gasteiger partial charge is 0.0320 e. The Bertz CT molecular complexity index is 363. The molecule has 2 rings (SSSR count). The number of likely N-dealkylation sites (tertiary alicyclic amines) is 1. The second-order valence-electron chi connectivity index (χ2n) is 5.90. The van der Waals surface area contributed by atoms with E-state index in [4.69, 9.17) is 5.73 Å². The van der Waals surface area contributed by atoms with Crippen LogP contribution in [-0.2, 0) is 6.54 Å². The summed E-state index contributed by atoms with van der Waals surface area (Å²) in [4.78, 5) is 3.97. The van der Waals surface area contributed by atoms with Crippen LogP contribution in [0.2, 0.25) is 0 Å². The van der Waals surface area contributed by atoms with Crippen LogP contribution in [0.5, 0.6) is 0 Å². The molecule has 19 heavy (non-hydrogen) atoms. The summed E-state index contributed by atoms with van der Waals surface area (Å²) in [5, 5.41) is 5.88. The van der Waals surface area contributed by atoms with Gasteiger partial charge in [-0.2, -0.15) is 0 Å². The molecule has 3 nitrogen and oxygen atoms in total. The summed E-state index contributed by atoms with van der Waals surface area (Å²) in [7, 11) is 0. The average molecular weight is 281 g/mol. The molecule has 1 atom stereocenters. The highest BCUT2D eigenvalue weighted by atomic mass is 32.1.